The Morgan fingerprint density at radius 3 is 2.57 bits per heavy atom. The fraction of sp³-hybridized carbons (Fsp3) is 0.158. The molecule has 1 heterocycles. The first kappa shape index (κ1) is 21.3. The highest BCUT2D eigenvalue weighted by atomic mass is 32.2. The summed E-state index contributed by atoms with van der Waals surface area (Å²) in [5.74, 6) is -0.575. The highest BCUT2D eigenvalue weighted by Crippen LogP contribution is 2.19. The van der Waals surface area contributed by atoms with Crippen LogP contribution in [-0.2, 0) is 14.8 Å². The molecular formula is C19H19FN6O3S. The number of amides is 1. The normalized spacial score (nSPS) is 11.7. The number of nitrogens with zero attached hydrogens (tertiary/aromatic N) is 4. The lowest BCUT2D eigenvalue weighted by atomic mass is 10.2. The SMILES string of the molecule is CCNS(=O)(=O)c1ccc(/C=C/C(=O)Nc2ccc(F)c(-n3nnnc3C)c2)cc1. The van der Waals surface area contributed by atoms with Crippen LogP contribution in [0.5, 0.6) is 0 Å². The molecule has 0 saturated carbocycles. The second-order valence-corrected chi connectivity index (χ2v) is 7.96. The maximum atomic E-state index is 14.1. The van der Waals surface area contributed by atoms with Crippen molar-refractivity contribution in [3.05, 3.63) is 65.7 Å². The fourth-order valence-corrected chi connectivity index (χ4v) is 3.64. The monoisotopic (exact) mass is 430 g/mol. The molecule has 0 aliphatic rings. The summed E-state index contributed by atoms with van der Waals surface area (Å²) in [6.45, 7) is 3.62. The van der Waals surface area contributed by atoms with E-state index in [0.717, 1.165) is 0 Å². The van der Waals surface area contributed by atoms with Gasteiger partial charge in [0.1, 0.15) is 11.5 Å². The molecule has 0 spiro atoms. The van der Waals surface area contributed by atoms with Gasteiger partial charge in [0.05, 0.1) is 4.90 Å². The molecule has 0 unspecified atom stereocenters. The van der Waals surface area contributed by atoms with Gasteiger partial charge in [-0.2, -0.15) is 4.68 Å². The maximum absolute atomic E-state index is 14.1. The summed E-state index contributed by atoms with van der Waals surface area (Å²) in [6, 6.07) is 10.1. The number of tetrazole rings is 1. The lowest BCUT2D eigenvalue weighted by Crippen LogP contribution is -2.22. The topological polar surface area (TPSA) is 119 Å². The number of rotatable bonds is 7. The van der Waals surface area contributed by atoms with Gasteiger partial charge in [0.2, 0.25) is 15.9 Å². The van der Waals surface area contributed by atoms with Crippen LogP contribution in [0.1, 0.15) is 18.3 Å². The Bertz CT molecular complexity index is 1190. The molecule has 0 saturated heterocycles. The molecule has 9 nitrogen and oxygen atoms in total. The summed E-state index contributed by atoms with van der Waals surface area (Å²) >= 11 is 0. The Balaban J connectivity index is 1.70. The quantitative estimate of drug-likeness (QED) is 0.554. The third-order valence-electron chi connectivity index (χ3n) is 4.02. The summed E-state index contributed by atoms with van der Waals surface area (Å²) < 4.78 is 41.6. The molecule has 0 radical (unpaired) electrons. The van der Waals surface area contributed by atoms with Crippen LogP contribution in [0, 0.1) is 12.7 Å². The Labute approximate surface area is 172 Å². The number of benzene rings is 2. The van der Waals surface area contributed by atoms with Crippen LogP contribution < -0.4 is 10.0 Å². The first-order valence-corrected chi connectivity index (χ1v) is 10.4. The first-order chi connectivity index (χ1) is 14.3. The molecule has 3 aromatic rings. The summed E-state index contributed by atoms with van der Waals surface area (Å²) in [5.41, 5.74) is 1.12. The van der Waals surface area contributed by atoms with Gasteiger partial charge in [0, 0.05) is 18.3 Å². The Morgan fingerprint density at radius 1 is 1.20 bits per heavy atom. The number of carbonyl (C=O) groups excluding carboxylic acids is 1. The van der Waals surface area contributed by atoms with Gasteiger partial charge < -0.3 is 5.32 Å². The molecule has 0 aliphatic heterocycles. The smallest absolute Gasteiger partial charge is 0.248 e. The van der Waals surface area contributed by atoms with Crippen molar-refractivity contribution >= 4 is 27.7 Å². The molecule has 156 valence electrons. The number of aryl methyl sites for hydroxylation is 1. The average Bonchev–Trinajstić information content (AvgIpc) is 3.14. The van der Waals surface area contributed by atoms with Crippen molar-refractivity contribution in [1.29, 1.82) is 0 Å². The largest absolute Gasteiger partial charge is 0.322 e. The van der Waals surface area contributed by atoms with Gasteiger partial charge in [-0.15, -0.1) is 5.10 Å². The van der Waals surface area contributed by atoms with Gasteiger partial charge in [0.25, 0.3) is 0 Å². The van der Waals surface area contributed by atoms with Gasteiger partial charge in [-0.25, -0.2) is 17.5 Å². The van der Waals surface area contributed by atoms with E-state index in [0.29, 0.717) is 23.6 Å². The Hall–Kier alpha value is -3.44. The molecule has 1 amide bonds. The van der Waals surface area contributed by atoms with Crippen molar-refractivity contribution in [2.75, 3.05) is 11.9 Å². The molecule has 0 fully saturated rings. The lowest BCUT2D eigenvalue weighted by Gasteiger charge is -2.07. The van der Waals surface area contributed by atoms with Crippen LogP contribution in [0.4, 0.5) is 10.1 Å². The number of anilines is 1. The van der Waals surface area contributed by atoms with Crippen LogP contribution in [0.3, 0.4) is 0 Å². The van der Waals surface area contributed by atoms with Crippen molar-refractivity contribution in [3.63, 3.8) is 0 Å². The number of hydrogen-bond donors (Lipinski definition) is 2. The fourth-order valence-electron chi connectivity index (χ4n) is 2.59. The number of hydrogen-bond acceptors (Lipinski definition) is 6. The number of sulfonamides is 1. The van der Waals surface area contributed by atoms with Crippen molar-refractivity contribution in [3.8, 4) is 5.69 Å². The third kappa shape index (κ3) is 4.93. The van der Waals surface area contributed by atoms with E-state index in [2.05, 4.69) is 25.6 Å². The van der Waals surface area contributed by atoms with E-state index in [4.69, 9.17) is 0 Å². The summed E-state index contributed by atoms with van der Waals surface area (Å²) in [6.07, 6.45) is 2.83. The predicted octanol–water partition coefficient (Wildman–Crippen LogP) is 2.06. The maximum Gasteiger partial charge on any atom is 0.248 e. The number of carbonyl (C=O) groups is 1. The molecule has 0 atom stereocenters. The van der Waals surface area contributed by atoms with Crippen molar-refractivity contribution in [2.24, 2.45) is 0 Å². The molecule has 2 N–H and O–H groups in total. The number of nitrogens with one attached hydrogen (secondary N) is 2. The van der Waals surface area contributed by atoms with Crippen LogP contribution in [0.25, 0.3) is 11.8 Å². The van der Waals surface area contributed by atoms with Gasteiger partial charge in [-0.1, -0.05) is 19.1 Å². The van der Waals surface area contributed by atoms with Gasteiger partial charge in [-0.05, 0) is 59.3 Å². The third-order valence-corrected chi connectivity index (χ3v) is 5.58. The second kappa shape index (κ2) is 8.93. The number of halogens is 1. The molecule has 2 aromatic carbocycles. The standard InChI is InChI=1S/C19H19FN6O3S/c1-3-21-30(28,29)16-8-4-14(5-9-16)6-11-19(27)22-15-7-10-17(20)18(12-15)26-13(2)23-24-25-26/h4-12,21H,3H2,1-2H3,(H,22,27)/b11-6+. The van der Waals surface area contributed by atoms with Crippen molar-refractivity contribution in [2.45, 2.75) is 18.7 Å². The first-order valence-electron chi connectivity index (χ1n) is 8.94. The predicted molar refractivity (Wildman–Crippen MR) is 109 cm³/mol. The van der Waals surface area contributed by atoms with E-state index in [-0.39, 0.29) is 10.6 Å². The minimum Gasteiger partial charge on any atom is -0.322 e. The summed E-state index contributed by atoms with van der Waals surface area (Å²) in [7, 11) is -3.53. The molecule has 3 rings (SSSR count). The van der Waals surface area contributed by atoms with E-state index in [1.165, 1.54) is 47.2 Å². The molecule has 0 aliphatic carbocycles. The van der Waals surface area contributed by atoms with Gasteiger partial charge >= 0.3 is 0 Å². The highest BCUT2D eigenvalue weighted by Gasteiger charge is 2.12. The van der Waals surface area contributed by atoms with Crippen LogP contribution in [-0.4, -0.2) is 41.1 Å². The van der Waals surface area contributed by atoms with Gasteiger partial charge in [-0.3, -0.25) is 4.79 Å². The van der Waals surface area contributed by atoms with Gasteiger partial charge in [0.15, 0.2) is 5.82 Å². The Kier molecular flexibility index (Phi) is 6.33. The van der Waals surface area contributed by atoms with Crippen LogP contribution in [0.2, 0.25) is 0 Å². The van der Waals surface area contributed by atoms with E-state index in [1.807, 2.05) is 0 Å². The highest BCUT2D eigenvalue weighted by molar-refractivity contribution is 7.89. The molecule has 0 bridgehead atoms. The second-order valence-electron chi connectivity index (χ2n) is 6.20. The van der Waals surface area contributed by atoms with E-state index in [9.17, 15) is 17.6 Å². The summed E-state index contributed by atoms with van der Waals surface area (Å²) in [5, 5.41) is 13.5. The summed E-state index contributed by atoms with van der Waals surface area (Å²) in [4.78, 5) is 12.3. The zero-order valence-corrected chi connectivity index (χ0v) is 17.0. The average molecular weight is 430 g/mol. The van der Waals surface area contributed by atoms with E-state index in [1.54, 1.807) is 26.0 Å². The zero-order chi connectivity index (χ0) is 21.7. The van der Waals surface area contributed by atoms with Crippen molar-refractivity contribution in [1.82, 2.24) is 24.9 Å². The number of aromatic nitrogens is 4. The minimum absolute atomic E-state index is 0.108. The minimum atomic E-state index is -3.53. The molecule has 11 heteroatoms. The van der Waals surface area contributed by atoms with E-state index < -0.39 is 21.7 Å². The van der Waals surface area contributed by atoms with Crippen molar-refractivity contribution < 1.29 is 17.6 Å². The zero-order valence-electron chi connectivity index (χ0n) is 16.2. The lowest BCUT2D eigenvalue weighted by molar-refractivity contribution is -0.111. The van der Waals surface area contributed by atoms with Crippen LogP contribution in [0.15, 0.2) is 53.4 Å². The molecule has 30 heavy (non-hydrogen) atoms. The Morgan fingerprint density at radius 2 is 1.93 bits per heavy atom. The van der Waals surface area contributed by atoms with Crippen LogP contribution >= 0.6 is 0 Å². The molecule has 1 aromatic heterocycles. The molecular weight excluding hydrogens is 411 g/mol. The van der Waals surface area contributed by atoms with E-state index >= 15 is 0 Å².